The molecule has 0 saturated heterocycles. The lowest BCUT2D eigenvalue weighted by Crippen LogP contribution is -2.49. The zero-order valence-corrected chi connectivity index (χ0v) is 16.2. The average molecular weight is 380 g/mol. The molecule has 1 heterocycles. The van der Waals surface area contributed by atoms with Crippen LogP contribution in [0.3, 0.4) is 0 Å². The fourth-order valence-corrected chi connectivity index (χ4v) is 3.10. The van der Waals surface area contributed by atoms with Crippen LogP contribution in [0.5, 0.6) is 0 Å². The quantitative estimate of drug-likeness (QED) is 0.781. The molecule has 6 heteroatoms. The van der Waals surface area contributed by atoms with Crippen molar-refractivity contribution in [2.45, 2.75) is 32.8 Å². The summed E-state index contributed by atoms with van der Waals surface area (Å²) in [7, 11) is 0. The highest BCUT2D eigenvalue weighted by Gasteiger charge is 2.42. The predicted molar refractivity (Wildman–Crippen MR) is 106 cm³/mol. The molecule has 0 saturated carbocycles. The van der Waals surface area contributed by atoms with E-state index in [0.717, 1.165) is 5.56 Å². The number of hydrogen-bond acceptors (Lipinski definition) is 4. The van der Waals surface area contributed by atoms with Crippen molar-refractivity contribution in [1.82, 2.24) is 5.32 Å². The van der Waals surface area contributed by atoms with Gasteiger partial charge in [0.2, 0.25) is 0 Å². The van der Waals surface area contributed by atoms with Crippen LogP contribution < -0.4 is 10.6 Å². The van der Waals surface area contributed by atoms with Gasteiger partial charge in [0, 0.05) is 13.0 Å². The molecular formula is C22H24N2O4. The van der Waals surface area contributed by atoms with E-state index in [4.69, 9.17) is 4.74 Å². The first kappa shape index (κ1) is 19.6. The van der Waals surface area contributed by atoms with Crippen molar-refractivity contribution in [3.8, 4) is 0 Å². The van der Waals surface area contributed by atoms with Gasteiger partial charge in [0.15, 0.2) is 5.60 Å². The second-order valence-electron chi connectivity index (χ2n) is 7.56. The van der Waals surface area contributed by atoms with Gasteiger partial charge in [-0.05, 0) is 36.6 Å². The Bertz CT molecular complexity index is 922. The lowest BCUT2D eigenvalue weighted by atomic mass is 9.89. The van der Waals surface area contributed by atoms with Crippen LogP contribution in [0.2, 0.25) is 0 Å². The molecule has 0 spiro atoms. The second-order valence-corrected chi connectivity index (χ2v) is 7.56. The Morgan fingerprint density at radius 1 is 1.11 bits per heavy atom. The van der Waals surface area contributed by atoms with Crippen molar-refractivity contribution in [1.29, 1.82) is 0 Å². The lowest BCUT2D eigenvalue weighted by molar-refractivity contribution is -0.134. The zero-order chi connectivity index (χ0) is 20.3. The number of nitrogens with one attached hydrogen (secondary N) is 2. The van der Waals surface area contributed by atoms with Crippen molar-refractivity contribution in [2.75, 3.05) is 11.9 Å². The number of anilines is 1. The molecular weight excluding hydrogens is 356 g/mol. The minimum atomic E-state index is -1.35. The molecule has 0 fully saturated rings. The largest absolute Gasteiger partial charge is 0.445 e. The van der Waals surface area contributed by atoms with E-state index in [2.05, 4.69) is 10.6 Å². The van der Waals surface area contributed by atoms with Crippen LogP contribution in [0.4, 0.5) is 5.69 Å². The number of esters is 1. The Balaban J connectivity index is 1.80. The first-order valence-corrected chi connectivity index (χ1v) is 9.30. The van der Waals surface area contributed by atoms with Gasteiger partial charge < -0.3 is 15.4 Å². The van der Waals surface area contributed by atoms with Gasteiger partial charge in [0.05, 0.1) is 16.8 Å². The molecule has 2 aromatic carbocycles. The molecule has 146 valence electrons. The Labute approximate surface area is 164 Å². The van der Waals surface area contributed by atoms with Crippen LogP contribution in [0.15, 0.2) is 48.5 Å². The first-order valence-electron chi connectivity index (χ1n) is 9.30. The van der Waals surface area contributed by atoms with Crippen molar-refractivity contribution in [3.63, 3.8) is 0 Å². The van der Waals surface area contributed by atoms with Crippen molar-refractivity contribution in [3.05, 3.63) is 65.2 Å². The van der Waals surface area contributed by atoms with Crippen LogP contribution >= 0.6 is 0 Å². The number of carbonyl (C=O) groups excluding carboxylic acids is 3. The highest BCUT2D eigenvalue weighted by molar-refractivity contribution is 6.07. The first-order chi connectivity index (χ1) is 13.3. The topological polar surface area (TPSA) is 84.5 Å². The van der Waals surface area contributed by atoms with Crippen LogP contribution in [-0.2, 0) is 16.0 Å². The standard InChI is InChI=1S/C22H24N2O4/c1-14(2)13-23-19(25)17-10-6-7-11-18(17)24-21(27)22(3)12-15-8-4-5-9-16(15)20(26)28-22/h4-11,14H,12-13H2,1-3H3,(H,23,25)(H,24,27). The summed E-state index contributed by atoms with van der Waals surface area (Å²) >= 11 is 0. The Morgan fingerprint density at radius 3 is 2.54 bits per heavy atom. The van der Waals surface area contributed by atoms with Crippen LogP contribution in [0.1, 0.15) is 47.1 Å². The minimum absolute atomic E-state index is 0.263. The number of benzene rings is 2. The number of rotatable bonds is 5. The van der Waals surface area contributed by atoms with Gasteiger partial charge in [-0.25, -0.2) is 4.79 Å². The van der Waals surface area contributed by atoms with E-state index in [9.17, 15) is 14.4 Å². The van der Waals surface area contributed by atoms with E-state index in [1.54, 1.807) is 43.3 Å². The summed E-state index contributed by atoms with van der Waals surface area (Å²) in [6.45, 7) is 6.12. The second kappa shape index (κ2) is 7.84. The van der Waals surface area contributed by atoms with Gasteiger partial charge in [-0.3, -0.25) is 9.59 Å². The number of para-hydroxylation sites is 1. The number of amides is 2. The number of hydrogen-bond donors (Lipinski definition) is 2. The molecule has 0 aliphatic carbocycles. The van der Waals surface area contributed by atoms with E-state index in [1.807, 2.05) is 26.0 Å². The maximum Gasteiger partial charge on any atom is 0.339 e. The molecule has 2 amide bonds. The molecule has 1 aliphatic rings. The molecule has 1 unspecified atom stereocenters. The Morgan fingerprint density at radius 2 is 1.79 bits per heavy atom. The predicted octanol–water partition coefficient (Wildman–Crippen LogP) is 3.18. The zero-order valence-electron chi connectivity index (χ0n) is 16.2. The molecule has 3 rings (SSSR count). The maximum absolute atomic E-state index is 13.0. The average Bonchev–Trinajstić information content (AvgIpc) is 2.66. The van der Waals surface area contributed by atoms with Gasteiger partial charge in [0.1, 0.15) is 0 Å². The Hall–Kier alpha value is -3.15. The van der Waals surface area contributed by atoms with Crippen molar-refractivity contribution >= 4 is 23.5 Å². The monoisotopic (exact) mass is 380 g/mol. The number of fused-ring (bicyclic) bond motifs is 1. The van der Waals surface area contributed by atoms with Gasteiger partial charge in [-0.2, -0.15) is 0 Å². The normalized spacial score (nSPS) is 18.2. The molecule has 1 atom stereocenters. The molecule has 2 N–H and O–H groups in total. The summed E-state index contributed by atoms with van der Waals surface area (Å²) in [5.74, 6) is -0.950. The lowest BCUT2D eigenvalue weighted by Gasteiger charge is -2.33. The summed E-state index contributed by atoms with van der Waals surface area (Å²) in [6.07, 6.45) is 0.266. The molecule has 0 bridgehead atoms. The number of carbonyl (C=O) groups is 3. The molecule has 28 heavy (non-hydrogen) atoms. The van der Waals surface area contributed by atoms with Gasteiger partial charge in [-0.1, -0.05) is 44.2 Å². The number of cyclic esters (lactones) is 1. The van der Waals surface area contributed by atoms with Gasteiger partial charge in [0.25, 0.3) is 11.8 Å². The molecule has 0 radical (unpaired) electrons. The SMILES string of the molecule is CC(C)CNC(=O)c1ccccc1NC(=O)C1(C)Cc2ccccc2C(=O)O1. The fourth-order valence-electron chi connectivity index (χ4n) is 3.10. The minimum Gasteiger partial charge on any atom is -0.445 e. The summed E-state index contributed by atoms with van der Waals surface area (Å²) in [5, 5.41) is 5.61. The molecule has 2 aromatic rings. The molecule has 0 aromatic heterocycles. The third kappa shape index (κ3) is 4.06. The Kier molecular flexibility index (Phi) is 5.49. The van der Waals surface area contributed by atoms with Gasteiger partial charge >= 0.3 is 5.97 Å². The third-order valence-electron chi connectivity index (χ3n) is 4.65. The van der Waals surface area contributed by atoms with E-state index < -0.39 is 17.5 Å². The van der Waals surface area contributed by atoms with Crippen LogP contribution in [0.25, 0.3) is 0 Å². The fraction of sp³-hybridized carbons (Fsp3) is 0.318. The van der Waals surface area contributed by atoms with Crippen molar-refractivity contribution < 1.29 is 19.1 Å². The number of ether oxygens (including phenoxy) is 1. The molecule has 6 nitrogen and oxygen atoms in total. The van der Waals surface area contributed by atoms with Crippen LogP contribution in [-0.4, -0.2) is 29.9 Å². The summed E-state index contributed by atoms with van der Waals surface area (Å²) < 4.78 is 5.46. The smallest absolute Gasteiger partial charge is 0.339 e. The summed E-state index contributed by atoms with van der Waals surface area (Å²) in [4.78, 5) is 37.8. The van der Waals surface area contributed by atoms with Gasteiger partial charge in [-0.15, -0.1) is 0 Å². The maximum atomic E-state index is 13.0. The highest BCUT2D eigenvalue weighted by Crippen LogP contribution is 2.29. The van der Waals surface area contributed by atoms with Crippen molar-refractivity contribution in [2.24, 2.45) is 5.92 Å². The summed E-state index contributed by atoms with van der Waals surface area (Å²) in [5.41, 5.74) is 0.626. The van der Waals surface area contributed by atoms with E-state index in [-0.39, 0.29) is 12.3 Å². The van der Waals surface area contributed by atoms with E-state index in [0.29, 0.717) is 29.3 Å². The van der Waals surface area contributed by atoms with E-state index >= 15 is 0 Å². The van der Waals surface area contributed by atoms with Crippen LogP contribution in [0, 0.1) is 5.92 Å². The third-order valence-corrected chi connectivity index (χ3v) is 4.65. The van der Waals surface area contributed by atoms with E-state index in [1.165, 1.54) is 0 Å². The highest BCUT2D eigenvalue weighted by atomic mass is 16.6. The summed E-state index contributed by atoms with van der Waals surface area (Å²) in [6, 6.07) is 13.9. The molecule has 1 aliphatic heterocycles.